The molecule has 0 aliphatic carbocycles. The lowest BCUT2D eigenvalue weighted by Crippen LogP contribution is -2.49. The quantitative estimate of drug-likeness (QED) is 0.750. The van der Waals surface area contributed by atoms with Crippen molar-refractivity contribution in [1.82, 2.24) is 4.90 Å². The Labute approximate surface area is 99.4 Å². The Morgan fingerprint density at radius 2 is 2.06 bits per heavy atom. The monoisotopic (exact) mass is 246 g/mol. The SMILES string of the molecule is CC(N)C(C)C(=O)N1C(C)SCC1C(=O)O. The van der Waals surface area contributed by atoms with Crippen LogP contribution >= 0.6 is 11.8 Å². The van der Waals surface area contributed by atoms with Gasteiger partial charge in [0, 0.05) is 11.8 Å². The van der Waals surface area contributed by atoms with Crippen molar-refractivity contribution in [3.05, 3.63) is 0 Å². The molecule has 1 fully saturated rings. The number of nitrogens with zero attached hydrogens (tertiary/aromatic N) is 1. The molecule has 1 saturated heterocycles. The van der Waals surface area contributed by atoms with Crippen LogP contribution in [0.3, 0.4) is 0 Å². The van der Waals surface area contributed by atoms with Crippen molar-refractivity contribution in [1.29, 1.82) is 0 Å². The fourth-order valence-corrected chi connectivity index (χ4v) is 2.80. The molecule has 1 aliphatic heterocycles. The lowest BCUT2D eigenvalue weighted by Gasteiger charge is -2.29. The molecule has 0 aromatic heterocycles. The Hall–Kier alpha value is -0.750. The van der Waals surface area contributed by atoms with Gasteiger partial charge < -0.3 is 15.7 Å². The normalized spacial score (nSPS) is 28.9. The molecule has 0 spiro atoms. The number of rotatable bonds is 3. The second kappa shape index (κ2) is 5.05. The molecule has 6 heteroatoms. The summed E-state index contributed by atoms with van der Waals surface area (Å²) in [5, 5.41) is 8.94. The van der Waals surface area contributed by atoms with Crippen LogP contribution in [0.2, 0.25) is 0 Å². The summed E-state index contributed by atoms with van der Waals surface area (Å²) in [6, 6.07) is -0.978. The number of carboxylic acids is 1. The molecule has 16 heavy (non-hydrogen) atoms. The van der Waals surface area contributed by atoms with Gasteiger partial charge in [0.05, 0.1) is 11.3 Å². The number of hydrogen-bond acceptors (Lipinski definition) is 4. The van der Waals surface area contributed by atoms with Gasteiger partial charge in [-0.25, -0.2) is 4.79 Å². The molecule has 1 heterocycles. The van der Waals surface area contributed by atoms with Gasteiger partial charge in [0.15, 0.2) is 0 Å². The van der Waals surface area contributed by atoms with E-state index in [-0.39, 0.29) is 23.2 Å². The molecule has 4 unspecified atom stereocenters. The van der Waals surface area contributed by atoms with Gasteiger partial charge in [-0.15, -0.1) is 11.8 Å². The number of carboxylic acid groups (broad SMARTS) is 1. The van der Waals surface area contributed by atoms with Gasteiger partial charge in [-0.3, -0.25) is 4.79 Å². The van der Waals surface area contributed by atoms with Crippen LogP contribution in [0.15, 0.2) is 0 Å². The van der Waals surface area contributed by atoms with Crippen LogP contribution in [0.5, 0.6) is 0 Å². The molecule has 92 valence electrons. The van der Waals surface area contributed by atoms with E-state index in [0.717, 1.165) is 0 Å². The first-order chi connectivity index (χ1) is 7.36. The van der Waals surface area contributed by atoms with E-state index in [4.69, 9.17) is 10.8 Å². The van der Waals surface area contributed by atoms with Crippen molar-refractivity contribution in [3.8, 4) is 0 Å². The summed E-state index contributed by atoms with van der Waals surface area (Å²) in [5.41, 5.74) is 5.67. The topological polar surface area (TPSA) is 83.6 Å². The van der Waals surface area contributed by atoms with Gasteiger partial charge in [-0.1, -0.05) is 6.92 Å². The van der Waals surface area contributed by atoms with E-state index < -0.39 is 12.0 Å². The second-order valence-corrected chi connectivity index (χ2v) is 5.53. The predicted octanol–water partition coefficient (Wildman–Crippen LogP) is 0.344. The summed E-state index contributed by atoms with van der Waals surface area (Å²) < 4.78 is 0. The first-order valence-electron chi connectivity index (χ1n) is 5.28. The summed E-state index contributed by atoms with van der Waals surface area (Å²) in [7, 11) is 0. The minimum absolute atomic E-state index is 0.0881. The number of hydrogen-bond donors (Lipinski definition) is 2. The molecular weight excluding hydrogens is 228 g/mol. The standard InChI is InChI=1S/C10H18N2O3S/c1-5(6(2)11)9(13)12-7(3)16-4-8(12)10(14)15/h5-8H,4,11H2,1-3H3,(H,14,15). The first kappa shape index (κ1) is 13.3. The largest absolute Gasteiger partial charge is 0.480 e. The van der Waals surface area contributed by atoms with Crippen LogP contribution < -0.4 is 5.73 Å². The van der Waals surface area contributed by atoms with E-state index in [1.54, 1.807) is 13.8 Å². The summed E-state index contributed by atoms with van der Waals surface area (Å²) in [6.07, 6.45) is 0. The third-order valence-corrected chi connectivity index (χ3v) is 4.16. The van der Waals surface area contributed by atoms with Gasteiger partial charge in [0.1, 0.15) is 6.04 Å². The number of carbonyl (C=O) groups excluding carboxylic acids is 1. The van der Waals surface area contributed by atoms with Crippen LogP contribution in [0.1, 0.15) is 20.8 Å². The highest BCUT2D eigenvalue weighted by Crippen LogP contribution is 2.30. The molecule has 5 nitrogen and oxygen atoms in total. The van der Waals surface area contributed by atoms with Crippen molar-refractivity contribution < 1.29 is 14.7 Å². The van der Waals surface area contributed by atoms with E-state index >= 15 is 0 Å². The van der Waals surface area contributed by atoms with Crippen molar-refractivity contribution in [2.45, 2.75) is 38.2 Å². The molecule has 4 atom stereocenters. The third kappa shape index (κ3) is 2.49. The molecule has 1 amide bonds. The molecular formula is C10H18N2O3S. The van der Waals surface area contributed by atoms with Gasteiger partial charge in [-0.05, 0) is 13.8 Å². The summed E-state index contributed by atoms with van der Waals surface area (Å²) in [4.78, 5) is 24.5. The maximum atomic E-state index is 12.1. The van der Waals surface area contributed by atoms with Crippen LogP contribution in [0, 0.1) is 5.92 Å². The van der Waals surface area contributed by atoms with Crippen LogP contribution in [-0.4, -0.2) is 45.1 Å². The number of aliphatic carboxylic acids is 1. The Morgan fingerprint density at radius 3 is 2.50 bits per heavy atom. The number of amides is 1. The third-order valence-electron chi connectivity index (χ3n) is 2.94. The minimum atomic E-state index is -0.943. The number of thioether (sulfide) groups is 1. The summed E-state index contributed by atoms with van der Waals surface area (Å²) in [5.74, 6) is -1.00. The van der Waals surface area contributed by atoms with Gasteiger partial charge in [-0.2, -0.15) is 0 Å². The average Bonchev–Trinajstić information content (AvgIpc) is 2.57. The van der Waals surface area contributed by atoms with E-state index in [1.807, 2.05) is 6.92 Å². The van der Waals surface area contributed by atoms with Crippen molar-refractivity contribution >= 4 is 23.6 Å². The van der Waals surface area contributed by atoms with Crippen molar-refractivity contribution in [3.63, 3.8) is 0 Å². The average molecular weight is 246 g/mol. The summed E-state index contributed by atoms with van der Waals surface area (Å²) >= 11 is 1.48. The molecule has 0 aromatic carbocycles. The fraction of sp³-hybridized carbons (Fsp3) is 0.800. The maximum Gasteiger partial charge on any atom is 0.327 e. The maximum absolute atomic E-state index is 12.1. The van der Waals surface area contributed by atoms with E-state index in [2.05, 4.69) is 0 Å². The van der Waals surface area contributed by atoms with Crippen molar-refractivity contribution in [2.75, 3.05) is 5.75 Å². The zero-order valence-corrected chi connectivity index (χ0v) is 10.5. The van der Waals surface area contributed by atoms with Gasteiger partial charge in [0.2, 0.25) is 5.91 Å². The summed E-state index contributed by atoms with van der Waals surface area (Å²) in [6.45, 7) is 5.34. The van der Waals surface area contributed by atoms with E-state index in [0.29, 0.717) is 5.75 Å². The molecule has 1 aliphatic rings. The molecule has 0 aromatic rings. The van der Waals surface area contributed by atoms with Crippen LogP contribution in [-0.2, 0) is 9.59 Å². The van der Waals surface area contributed by atoms with Crippen LogP contribution in [0.4, 0.5) is 0 Å². The molecule has 3 N–H and O–H groups in total. The lowest BCUT2D eigenvalue weighted by atomic mass is 10.0. The van der Waals surface area contributed by atoms with Crippen molar-refractivity contribution in [2.24, 2.45) is 11.7 Å². The lowest BCUT2D eigenvalue weighted by molar-refractivity contribution is -0.150. The molecule has 0 saturated carbocycles. The highest BCUT2D eigenvalue weighted by atomic mass is 32.2. The van der Waals surface area contributed by atoms with Gasteiger partial charge >= 0.3 is 5.97 Å². The Kier molecular flexibility index (Phi) is 4.21. The highest BCUT2D eigenvalue weighted by Gasteiger charge is 2.41. The Morgan fingerprint density at radius 1 is 1.50 bits per heavy atom. The molecule has 0 radical (unpaired) electrons. The zero-order chi connectivity index (χ0) is 12.5. The minimum Gasteiger partial charge on any atom is -0.480 e. The molecule has 0 bridgehead atoms. The van der Waals surface area contributed by atoms with Crippen LogP contribution in [0.25, 0.3) is 0 Å². The highest BCUT2D eigenvalue weighted by molar-refractivity contribution is 8.00. The molecule has 1 rings (SSSR count). The Bertz CT molecular complexity index is 296. The first-order valence-corrected chi connectivity index (χ1v) is 6.33. The predicted molar refractivity (Wildman–Crippen MR) is 63.0 cm³/mol. The number of nitrogens with two attached hydrogens (primary N) is 1. The van der Waals surface area contributed by atoms with E-state index in [1.165, 1.54) is 16.7 Å². The van der Waals surface area contributed by atoms with Gasteiger partial charge in [0.25, 0.3) is 0 Å². The number of carbonyl (C=O) groups is 2. The Balaban J connectivity index is 2.83. The zero-order valence-electron chi connectivity index (χ0n) is 9.71. The second-order valence-electron chi connectivity index (χ2n) is 4.18. The smallest absolute Gasteiger partial charge is 0.327 e. The van der Waals surface area contributed by atoms with E-state index in [9.17, 15) is 9.59 Å². The fourth-order valence-electron chi connectivity index (χ4n) is 1.63.